The molecule has 0 aliphatic heterocycles. The van der Waals surface area contributed by atoms with Crippen LogP contribution >= 0.6 is 0 Å². The SMILES string of the molecule is CN=C(NCCCNC(=O)c1occc1C)NCc1ccccc1Cn1cccn1. The van der Waals surface area contributed by atoms with Crippen molar-refractivity contribution in [2.24, 2.45) is 4.99 Å². The highest BCUT2D eigenvalue weighted by Gasteiger charge is 2.11. The van der Waals surface area contributed by atoms with Gasteiger partial charge < -0.3 is 20.4 Å². The molecule has 0 bridgehead atoms. The number of furan rings is 1. The van der Waals surface area contributed by atoms with Crippen molar-refractivity contribution >= 4 is 11.9 Å². The van der Waals surface area contributed by atoms with Gasteiger partial charge in [0, 0.05) is 44.6 Å². The first-order chi connectivity index (χ1) is 14.7. The first kappa shape index (κ1) is 21.2. The van der Waals surface area contributed by atoms with Crippen LogP contribution in [0.1, 0.15) is 33.7 Å². The summed E-state index contributed by atoms with van der Waals surface area (Å²) in [5.74, 6) is 0.903. The minimum atomic E-state index is -0.186. The molecular weight excluding hydrogens is 380 g/mol. The highest BCUT2D eigenvalue weighted by atomic mass is 16.3. The van der Waals surface area contributed by atoms with Crippen LogP contribution in [0.4, 0.5) is 0 Å². The van der Waals surface area contributed by atoms with E-state index in [1.807, 2.05) is 36.0 Å². The van der Waals surface area contributed by atoms with E-state index in [4.69, 9.17) is 4.42 Å². The molecule has 8 nitrogen and oxygen atoms in total. The molecule has 3 aromatic rings. The number of hydrogen-bond acceptors (Lipinski definition) is 4. The maximum absolute atomic E-state index is 12.0. The number of nitrogens with one attached hydrogen (secondary N) is 3. The van der Waals surface area contributed by atoms with Crippen LogP contribution in [0.5, 0.6) is 0 Å². The number of hydrogen-bond donors (Lipinski definition) is 3. The molecule has 0 fully saturated rings. The van der Waals surface area contributed by atoms with E-state index < -0.39 is 0 Å². The normalized spacial score (nSPS) is 11.3. The first-order valence-electron chi connectivity index (χ1n) is 9.98. The molecule has 0 saturated heterocycles. The summed E-state index contributed by atoms with van der Waals surface area (Å²) in [7, 11) is 1.74. The van der Waals surface area contributed by atoms with E-state index in [9.17, 15) is 4.79 Å². The summed E-state index contributed by atoms with van der Waals surface area (Å²) in [6.45, 7) is 4.47. The van der Waals surface area contributed by atoms with Crippen molar-refractivity contribution in [1.82, 2.24) is 25.7 Å². The van der Waals surface area contributed by atoms with Crippen LogP contribution in [0.2, 0.25) is 0 Å². The van der Waals surface area contributed by atoms with Gasteiger partial charge >= 0.3 is 0 Å². The highest BCUT2D eigenvalue weighted by Crippen LogP contribution is 2.10. The second-order valence-electron chi connectivity index (χ2n) is 6.87. The van der Waals surface area contributed by atoms with Crippen molar-refractivity contribution in [3.63, 3.8) is 0 Å². The molecule has 0 saturated carbocycles. The summed E-state index contributed by atoms with van der Waals surface area (Å²) < 4.78 is 7.10. The van der Waals surface area contributed by atoms with Gasteiger partial charge in [0.25, 0.3) is 5.91 Å². The largest absolute Gasteiger partial charge is 0.459 e. The Kier molecular flexibility index (Phi) is 7.65. The molecule has 1 amide bonds. The van der Waals surface area contributed by atoms with Crippen LogP contribution in [0, 0.1) is 6.92 Å². The average molecular weight is 409 g/mol. The van der Waals surface area contributed by atoms with Gasteiger partial charge in [0.15, 0.2) is 11.7 Å². The van der Waals surface area contributed by atoms with Crippen molar-refractivity contribution in [3.8, 4) is 0 Å². The zero-order chi connectivity index (χ0) is 21.2. The summed E-state index contributed by atoms with van der Waals surface area (Å²) in [6.07, 6.45) is 6.03. The number of aliphatic imine (C=N–C) groups is 1. The predicted molar refractivity (Wildman–Crippen MR) is 116 cm³/mol. The average Bonchev–Trinajstić information content (AvgIpc) is 3.42. The van der Waals surface area contributed by atoms with Gasteiger partial charge in [0.05, 0.1) is 12.8 Å². The van der Waals surface area contributed by atoms with Crippen LogP contribution in [0.25, 0.3) is 0 Å². The number of amides is 1. The third kappa shape index (κ3) is 5.97. The molecular formula is C22H28N6O2. The lowest BCUT2D eigenvalue weighted by Gasteiger charge is -2.14. The third-order valence-corrected chi connectivity index (χ3v) is 4.68. The molecule has 0 unspecified atom stereocenters. The molecule has 0 atom stereocenters. The van der Waals surface area contributed by atoms with Crippen LogP contribution in [-0.4, -0.2) is 41.8 Å². The van der Waals surface area contributed by atoms with E-state index in [1.165, 1.54) is 17.4 Å². The Hall–Kier alpha value is -3.55. The van der Waals surface area contributed by atoms with Gasteiger partial charge in [-0.05, 0) is 36.6 Å². The van der Waals surface area contributed by atoms with Crippen molar-refractivity contribution in [3.05, 3.63) is 77.5 Å². The molecule has 158 valence electrons. The monoisotopic (exact) mass is 408 g/mol. The van der Waals surface area contributed by atoms with Gasteiger partial charge in [-0.25, -0.2) is 0 Å². The Morgan fingerprint density at radius 1 is 1.10 bits per heavy atom. The van der Waals surface area contributed by atoms with E-state index in [0.717, 1.165) is 24.5 Å². The van der Waals surface area contributed by atoms with Crippen LogP contribution < -0.4 is 16.0 Å². The molecule has 2 heterocycles. The maximum atomic E-state index is 12.0. The van der Waals surface area contributed by atoms with Crippen molar-refractivity contribution in [1.29, 1.82) is 0 Å². The molecule has 3 N–H and O–H groups in total. The second-order valence-corrected chi connectivity index (χ2v) is 6.87. The molecule has 0 spiro atoms. The zero-order valence-electron chi connectivity index (χ0n) is 17.4. The van der Waals surface area contributed by atoms with Gasteiger partial charge in [0.1, 0.15) is 0 Å². The van der Waals surface area contributed by atoms with E-state index in [-0.39, 0.29) is 5.91 Å². The summed E-state index contributed by atoms with van der Waals surface area (Å²) in [4.78, 5) is 16.3. The number of aromatic nitrogens is 2. The molecule has 0 radical (unpaired) electrons. The topological polar surface area (TPSA) is 96.5 Å². The highest BCUT2D eigenvalue weighted by molar-refractivity contribution is 5.92. The van der Waals surface area contributed by atoms with Crippen LogP contribution in [0.3, 0.4) is 0 Å². The van der Waals surface area contributed by atoms with Crippen molar-refractivity contribution in [2.75, 3.05) is 20.1 Å². The fourth-order valence-corrected chi connectivity index (χ4v) is 3.04. The summed E-state index contributed by atoms with van der Waals surface area (Å²) >= 11 is 0. The Balaban J connectivity index is 1.40. The maximum Gasteiger partial charge on any atom is 0.287 e. The van der Waals surface area contributed by atoms with Gasteiger partial charge in [0.2, 0.25) is 0 Å². The van der Waals surface area contributed by atoms with E-state index in [2.05, 4.69) is 38.2 Å². The minimum Gasteiger partial charge on any atom is -0.459 e. The number of nitrogens with zero attached hydrogens (tertiary/aromatic N) is 3. The van der Waals surface area contributed by atoms with Gasteiger partial charge in [-0.3, -0.25) is 14.5 Å². The second kappa shape index (κ2) is 10.8. The van der Waals surface area contributed by atoms with Gasteiger partial charge in [-0.1, -0.05) is 24.3 Å². The van der Waals surface area contributed by atoms with Crippen molar-refractivity contribution in [2.45, 2.75) is 26.4 Å². The number of guanidine groups is 1. The fourth-order valence-electron chi connectivity index (χ4n) is 3.04. The standard InChI is InChI=1S/C22H28N6O2/c1-17-9-14-30-20(17)21(29)24-10-5-11-25-22(23-2)26-15-18-7-3-4-8-19(18)16-28-13-6-12-27-28/h3-4,6-9,12-14H,5,10-11,15-16H2,1-2H3,(H,24,29)(H2,23,25,26). The Bertz CT molecular complexity index is 962. The van der Waals surface area contributed by atoms with Gasteiger partial charge in [-0.2, -0.15) is 5.10 Å². The lowest BCUT2D eigenvalue weighted by atomic mass is 10.1. The number of rotatable bonds is 9. The van der Waals surface area contributed by atoms with Crippen LogP contribution in [0.15, 0.2) is 64.5 Å². The van der Waals surface area contributed by atoms with Crippen LogP contribution in [-0.2, 0) is 13.1 Å². The lowest BCUT2D eigenvalue weighted by molar-refractivity contribution is 0.0925. The summed E-state index contributed by atoms with van der Waals surface area (Å²) in [5, 5.41) is 13.8. The smallest absolute Gasteiger partial charge is 0.287 e. The molecule has 0 aliphatic rings. The molecule has 2 aromatic heterocycles. The minimum absolute atomic E-state index is 0.186. The summed E-state index contributed by atoms with van der Waals surface area (Å²) in [5.41, 5.74) is 3.24. The molecule has 1 aromatic carbocycles. The summed E-state index contributed by atoms with van der Waals surface area (Å²) in [6, 6.07) is 12.0. The Morgan fingerprint density at radius 3 is 2.60 bits per heavy atom. The fraction of sp³-hybridized carbons (Fsp3) is 0.318. The zero-order valence-corrected chi connectivity index (χ0v) is 17.4. The molecule has 30 heavy (non-hydrogen) atoms. The number of benzene rings is 1. The van der Waals surface area contributed by atoms with Crippen molar-refractivity contribution < 1.29 is 9.21 Å². The number of aryl methyl sites for hydroxylation is 1. The Morgan fingerprint density at radius 2 is 1.90 bits per heavy atom. The number of carbonyl (C=O) groups excluding carboxylic acids is 1. The predicted octanol–water partition coefficient (Wildman–Crippen LogP) is 2.32. The first-order valence-corrected chi connectivity index (χ1v) is 9.98. The molecule has 0 aliphatic carbocycles. The molecule has 3 rings (SSSR count). The number of carbonyl (C=O) groups is 1. The Labute approximate surface area is 176 Å². The van der Waals surface area contributed by atoms with E-state index in [0.29, 0.717) is 25.4 Å². The van der Waals surface area contributed by atoms with Gasteiger partial charge in [-0.15, -0.1) is 0 Å². The quantitative estimate of drug-likeness (QED) is 0.287. The molecule has 8 heteroatoms. The lowest BCUT2D eigenvalue weighted by Crippen LogP contribution is -2.38. The third-order valence-electron chi connectivity index (χ3n) is 4.68. The van der Waals surface area contributed by atoms with E-state index >= 15 is 0 Å². The van der Waals surface area contributed by atoms with E-state index in [1.54, 1.807) is 19.3 Å².